The van der Waals surface area contributed by atoms with Crippen LogP contribution in [0.3, 0.4) is 0 Å². The molecular formula is C13H14O6. The minimum absolute atomic E-state index is 0.278. The van der Waals surface area contributed by atoms with E-state index in [0.29, 0.717) is 28.2 Å². The third-order valence-electron chi connectivity index (χ3n) is 2.59. The molecule has 1 heterocycles. The van der Waals surface area contributed by atoms with Crippen LogP contribution in [0.15, 0.2) is 16.7 Å². The van der Waals surface area contributed by atoms with Gasteiger partial charge in [0.1, 0.15) is 17.4 Å². The molecule has 0 atom stereocenters. The molecule has 1 aromatic heterocycles. The topological polar surface area (TPSA) is 67.1 Å². The summed E-state index contributed by atoms with van der Waals surface area (Å²) in [6, 6.07) is 1.64. The standard InChI is InChI=1S/C13H14O6/c1-7(14)19-10-6-18-13-11(10)8(15-2)5-9(16-3)12(13)17-4/h5-6H,1-4H3. The number of methoxy groups -OCH3 is 3. The summed E-state index contributed by atoms with van der Waals surface area (Å²) in [5, 5.41) is 0.523. The first kappa shape index (κ1) is 13.1. The molecule has 102 valence electrons. The number of ether oxygens (including phenoxy) is 4. The lowest BCUT2D eigenvalue weighted by atomic mass is 10.2. The van der Waals surface area contributed by atoms with Crippen molar-refractivity contribution < 1.29 is 28.2 Å². The van der Waals surface area contributed by atoms with Crippen molar-refractivity contribution in [2.45, 2.75) is 6.92 Å². The number of fused-ring (bicyclic) bond motifs is 1. The molecule has 2 aromatic rings. The number of rotatable bonds is 4. The molecule has 0 unspecified atom stereocenters. The van der Waals surface area contributed by atoms with Gasteiger partial charge in [-0.2, -0.15) is 0 Å². The van der Waals surface area contributed by atoms with Gasteiger partial charge in [0.25, 0.3) is 0 Å². The summed E-state index contributed by atoms with van der Waals surface area (Å²) in [6.45, 7) is 1.31. The van der Waals surface area contributed by atoms with Gasteiger partial charge in [0, 0.05) is 13.0 Å². The molecule has 0 aliphatic rings. The van der Waals surface area contributed by atoms with Crippen LogP contribution in [0, 0.1) is 0 Å². The molecule has 0 spiro atoms. The molecule has 1 aromatic carbocycles. The quantitative estimate of drug-likeness (QED) is 0.791. The van der Waals surface area contributed by atoms with Gasteiger partial charge >= 0.3 is 5.97 Å². The molecule has 2 rings (SSSR count). The van der Waals surface area contributed by atoms with Gasteiger partial charge in [-0.15, -0.1) is 0 Å². The molecule has 0 amide bonds. The average Bonchev–Trinajstić information content (AvgIpc) is 2.80. The van der Waals surface area contributed by atoms with Gasteiger partial charge in [0.2, 0.25) is 5.75 Å². The molecule has 6 heteroatoms. The Labute approximate surface area is 109 Å². The maximum Gasteiger partial charge on any atom is 0.308 e. The van der Waals surface area contributed by atoms with Gasteiger partial charge in [-0.25, -0.2) is 0 Å². The number of carbonyl (C=O) groups is 1. The fourth-order valence-electron chi connectivity index (χ4n) is 1.85. The van der Waals surface area contributed by atoms with Crippen molar-refractivity contribution in [2.24, 2.45) is 0 Å². The largest absolute Gasteiger partial charge is 0.496 e. The van der Waals surface area contributed by atoms with E-state index >= 15 is 0 Å². The van der Waals surface area contributed by atoms with Crippen LogP contribution >= 0.6 is 0 Å². The van der Waals surface area contributed by atoms with Crippen LogP contribution < -0.4 is 18.9 Å². The molecule has 0 saturated carbocycles. The maximum atomic E-state index is 11.1. The Kier molecular flexibility index (Phi) is 3.50. The van der Waals surface area contributed by atoms with Gasteiger partial charge in [-0.3, -0.25) is 4.79 Å². The molecule has 0 saturated heterocycles. The normalized spacial score (nSPS) is 10.3. The lowest BCUT2D eigenvalue weighted by Gasteiger charge is -2.11. The average molecular weight is 266 g/mol. The first-order chi connectivity index (χ1) is 9.12. The van der Waals surface area contributed by atoms with Gasteiger partial charge in [-0.1, -0.05) is 0 Å². The monoisotopic (exact) mass is 266 g/mol. The van der Waals surface area contributed by atoms with Crippen molar-refractivity contribution in [3.63, 3.8) is 0 Å². The summed E-state index contributed by atoms with van der Waals surface area (Å²) in [6.07, 6.45) is 1.33. The zero-order valence-corrected chi connectivity index (χ0v) is 11.1. The molecule has 0 N–H and O–H groups in total. The van der Waals surface area contributed by atoms with Crippen LogP contribution in [0.1, 0.15) is 6.92 Å². The number of hydrogen-bond acceptors (Lipinski definition) is 6. The number of hydrogen-bond donors (Lipinski definition) is 0. The Bertz CT molecular complexity index is 613. The van der Waals surface area contributed by atoms with Crippen LogP contribution in [0.5, 0.6) is 23.0 Å². The molecule has 19 heavy (non-hydrogen) atoms. The Hall–Kier alpha value is -2.37. The predicted molar refractivity (Wildman–Crippen MR) is 67.2 cm³/mol. The summed E-state index contributed by atoms with van der Waals surface area (Å²) in [4.78, 5) is 11.1. The van der Waals surface area contributed by atoms with Gasteiger partial charge < -0.3 is 23.4 Å². The van der Waals surface area contributed by atoms with Gasteiger partial charge in [0.05, 0.1) is 21.3 Å². The molecule has 0 radical (unpaired) electrons. The van der Waals surface area contributed by atoms with E-state index in [4.69, 9.17) is 23.4 Å². The Morgan fingerprint density at radius 2 is 1.74 bits per heavy atom. The molecular weight excluding hydrogens is 252 g/mol. The van der Waals surface area contributed by atoms with E-state index in [-0.39, 0.29) is 5.75 Å². The molecule has 0 bridgehead atoms. The van der Waals surface area contributed by atoms with E-state index < -0.39 is 5.97 Å². The highest BCUT2D eigenvalue weighted by atomic mass is 16.5. The summed E-state index contributed by atoms with van der Waals surface area (Å²) in [5.74, 6) is 1.18. The summed E-state index contributed by atoms with van der Waals surface area (Å²) < 4.78 is 26.2. The third-order valence-corrected chi connectivity index (χ3v) is 2.59. The SMILES string of the molecule is COc1cc(OC)c2c(OC(C)=O)coc2c1OC. The smallest absolute Gasteiger partial charge is 0.308 e. The van der Waals surface area contributed by atoms with Crippen molar-refractivity contribution in [3.8, 4) is 23.0 Å². The Morgan fingerprint density at radius 3 is 2.26 bits per heavy atom. The van der Waals surface area contributed by atoms with Crippen molar-refractivity contribution in [2.75, 3.05) is 21.3 Å². The van der Waals surface area contributed by atoms with Crippen LogP contribution in [0.4, 0.5) is 0 Å². The molecule has 0 fully saturated rings. The van der Waals surface area contributed by atoms with Crippen molar-refractivity contribution >= 4 is 16.9 Å². The van der Waals surface area contributed by atoms with E-state index in [9.17, 15) is 4.79 Å². The zero-order chi connectivity index (χ0) is 14.0. The second kappa shape index (κ2) is 5.09. The highest BCUT2D eigenvalue weighted by molar-refractivity contribution is 5.97. The van der Waals surface area contributed by atoms with Crippen LogP contribution in [0.25, 0.3) is 11.0 Å². The molecule has 6 nitrogen and oxygen atoms in total. The van der Waals surface area contributed by atoms with Crippen LogP contribution in [-0.2, 0) is 4.79 Å². The number of furan rings is 1. The summed E-state index contributed by atoms with van der Waals surface area (Å²) in [5.41, 5.74) is 0.398. The fraction of sp³-hybridized carbons (Fsp3) is 0.308. The van der Waals surface area contributed by atoms with Crippen LogP contribution in [0.2, 0.25) is 0 Å². The number of carbonyl (C=O) groups excluding carboxylic acids is 1. The Morgan fingerprint density at radius 1 is 1.05 bits per heavy atom. The minimum atomic E-state index is -0.445. The lowest BCUT2D eigenvalue weighted by Crippen LogP contribution is -2.01. The van der Waals surface area contributed by atoms with E-state index in [0.717, 1.165) is 0 Å². The summed E-state index contributed by atoms with van der Waals surface area (Å²) in [7, 11) is 4.52. The zero-order valence-electron chi connectivity index (χ0n) is 11.1. The maximum absolute atomic E-state index is 11.1. The third kappa shape index (κ3) is 2.16. The van der Waals surface area contributed by atoms with Crippen LogP contribution in [-0.4, -0.2) is 27.3 Å². The number of benzene rings is 1. The highest BCUT2D eigenvalue weighted by Crippen LogP contribution is 2.46. The van der Waals surface area contributed by atoms with Crippen molar-refractivity contribution in [1.29, 1.82) is 0 Å². The first-order valence-electron chi connectivity index (χ1n) is 5.51. The Balaban J connectivity index is 2.74. The van der Waals surface area contributed by atoms with E-state index in [1.807, 2.05) is 0 Å². The first-order valence-corrected chi connectivity index (χ1v) is 5.51. The van der Waals surface area contributed by atoms with E-state index in [1.165, 1.54) is 34.5 Å². The second-order valence-electron chi connectivity index (χ2n) is 3.71. The predicted octanol–water partition coefficient (Wildman–Crippen LogP) is 2.38. The minimum Gasteiger partial charge on any atom is -0.496 e. The lowest BCUT2D eigenvalue weighted by molar-refractivity contribution is -0.131. The van der Waals surface area contributed by atoms with Gasteiger partial charge in [0.15, 0.2) is 17.1 Å². The van der Waals surface area contributed by atoms with Gasteiger partial charge in [-0.05, 0) is 0 Å². The van der Waals surface area contributed by atoms with E-state index in [2.05, 4.69) is 0 Å². The molecule has 0 aliphatic carbocycles. The molecule has 0 aliphatic heterocycles. The number of esters is 1. The summed E-state index contributed by atoms with van der Waals surface area (Å²) >= 11 is 0. The van der Waals surface area contributed by atoms with Crippen molar-refractivity contribution in [1.82, 2.24) is 0 Å². The highest BCUT2D eigenvalue weighted by Gasteiger charge is 2.22. The fourth-order valence-corrected chi connectivity index (χ4v) is 1.85. The van der Waals surface area contributed by atoms with E-state index in [1.54, 1.807) is 6.07 Å². The second-order valence-corrected chi connectivity index (χ2v) is 3.71. The van der Waals surface area contributed by atoms with Crippen molar-refractivity contribution in [3.05, 3.63) is 12.3 Å².